The van der Waals surface area contributed by atoms with Gasteiger partial charge in [-0.3, -0.25) is 0 Å². The summed E-state index contributed by atoms with van der Waals surface area (Å²) in [5, 5.41) is 2.93. The second-order valence-electron chi connectivity index (χ2n) is 5.36. The zero-order valence-corrected chi connectivity index (χ0v) is 12.3. The minimum absolute atomic E-state index is 0.201. The Balaban J connectivity index is 1.89. The summed E-state index contributed by atoms with van der Waals surface area (Å²) in [5.74, 6) is 1.08. The highest BCUT2D eigenvalue weighted by molar-refractivity contribution is 6.87. The molecule has 0 bridgehead atoms. The van der Waals surface area contributed by atoms with E-state index in [1.165, 1.54) is 10.4 Å². The van der Waals surface area contributed by atoms with Crippen LogP contribution in [0.25, 0.3) is 0 Å². The van der Waals surface area contributed by atoms with Crippen LogP contribution < -0.4 is 15.1 Å². The molecular weight excluding hydrogens is 260 g/mol. The third-order valence-electron chi connectivity index (χ3n) is 4.19. The first-order chi connectivity index (χ1) is 9.93. The van der Waals surface area contributed by atoms with Crippen LogP contribution in [0, 0.1) is 0 Å². The molecule has 0 fully saturated rings. The molecule has 0 aromatic heterocycles. The molecular formula is C18H16OSi. The molecule has 2 heteroatoms. The van der Waals surface area contributed by atoms with Crippen LogP contribution in [0.4, 0.5) is 0 Å². The average molecular weight is 276 g/mol. The Morgan fingerprint density at radius 3 is 2.45 bits per heavy atom. The molecule has 4 rings (SSSR count). The van der Waals surface area contributed by atoms with Gasteiger partial charge in [0.05, 0.1) is 0 Å². The van der Waals surface area contributed by atoms with Gasteiger partial charge in [0.25, 0.3) is 0 Å². The van der Waals surface area contributed by atoms with Gasteiger partial charge in [0.15, 0.2) is 0 Å². The van der Waals surface area contributed by atoms with Crippen molar-refractivity contribution in [3.05, 3.63) is 78.9 Å². The van der Waals surface area contributed by atoms with Gasteiger partial charge in [-0.25, -0.2) is 0 Å². The van der Waals surface area contributed by atoms with Crippen LogP contribution in [-0.4, -0.2) is 14.9 Å². The summed E-state index contributed by atoms with van der Waals surface area (Å²) < 4.78 is 6.18. The third-order valence-corrected chi connectivity index (χ3v) is 7.81. The Labute approximate surface area is 120 Å². The van der Waals surface area contributed by atoms with Crippen LogP contribution in [0.1, 0.15) is 0 Å². The van der Waals surface area contributed by atoms with Crippen molar-refractivity contribution in [1.82, 2.24) is 0 Å². The second-order valence-corrected chi connectivity index (χ2v) is 8.37. The molecule has 0 radical (unpaired) electrons. The minimum atomic E-state index is -1.28. The second kappa shape index (κ2) is 4.80. The lowest BCUT2D eigenvalue weighted by molar-refractivity contribution is 0.247. The van der Waals surface area contributed by atoms with E-state index in [0.29, 0.717) is 5.54 Å². The number of hydrogen-bond acceptors (Lipinski definition) is 1. The van der Waals surface area contributed by atoms with E-state index in [9.17, 15) is 0 Å². The molecule has 20 heavy (non-hydrogen) atoms. The van der Waals surface area contributed by atoms with E-state index >= 15 is 0 Å². The van der Waals surface area contributed by atoms with Crippen LogP contribution in [-0.2, 0) is 0 Å². The summed E-state index contributed by atoms with van der Waals surface area (Å²) in [6.45, 7) is 0. The maximum atomic E-state index is 6.18. The van der Waals surface area contributed by atoms with Crippen molar-refractivity contribution in [2.24, 2.45) is 0 Å². The quantitative estimate of drug-likeness (QED) is 0.726. The topological polar surface area (TPSA) is 9.23 Å². The van der Waals surface area contributed by atoms with Gasteiger partial charge in [0.1, 0.15) is 20.7 Å². The fourth-order valence-corrected chi connectivity index (χ4v) is 6.86. The Hall–Kier alpha value is -2.06. The highest BCUT2D eigenvalue weighted by Gasteiger charge is 2.38. The van der Waals surface area contributed by atoms with Crippen molar-refractivity contribution >= 4 is 19.2 Å². The molecule has 0 saturated heterocycles. The monoisotopic (exact) mass is 276 g/mol. The molecule has 1 aliphatic carbocycles. The van der Waals surface area contributed by atoms with Crippen LogP contribution in [0.3, 0.4) is 0 Å². The van der Waals surface area contributed by atoms with Crippen molar-refractivity contribution in [2.45, 2.75) is 11.6 Å². The molecule has 3 atom stereocenters. The predicted octanol–water partition coefficient (Wildman–Crippen LogP) is 2.29. The maximum Gasteiger partial charge on any atom is 0.121 e. The molecule has 1 aliphatic heterocycles. The van der Waals surface area contributed by atoms with Crippen LogP contribution in [0.2, 0.25) is 5.54 Å². The largest absolute Gasteiger partial charge is 0.486 e. The van der Waals surface area contributed by atoms with Gasteiger partial charge in [0, 0.05) is 5.54 Å². The van der Waals surface area contributed by atoms with E-state index in [1.54, 1.807) is 0 Å². The predicted molar refractivity (Wildman–Crippen MR) is 85.7 cm³/mol. The Morgan fingerprint density at radius 2 is 1.55 bits per heavy atom. The summed E-state index contributed by atoms with van der Waals surface area (Å²) in [6.07, 6.45) is 9.01. The lowest BCUT2D eigenvalue weighted by Crippen LogP contribution is -2.54. The summed E-state index contributed by atoms with van der Waals surface area (Å²) in [4.78, 5) is 0. The fourth-order valence-electron chi connectivity index (χ4n) is 3.28. The molecule has 1 unspecified atom stereocenters. The number of hydrogen-bond donors (Lipinski definition) is 0. The van der Waals surface area contributed by atoms with Gasteiger partial charge < -0.3 is 4.74 Å². The Kier molecular flexibility index (Phi) is 2.82. The molecule has 2 aliphatic rings. The highest BCUT2D eigenvalue weighted by Crippen LogP contribution is 2.32. The number of allylic oxidation sites excluding steroid dienone is 2. The highest BCUT2D eigenvalue weighted by atomic mass is 28.3. The summed E-state index contributed by atoms with van der Waals surface area (Å²) in [6, 6.07) is 19.5. The van der Waals surface area contributed by atoms with E-state index in [4.69, 9.17) is 4.74 Å². The van der Waals surface area contributed by atoms with Gasteiger partial charge in [-0.2, -0.15) is 0 Å². The zero-order valence-electron chi connectivity index (χ0n) is 11.1. The van der Waals surface area contributed by atoms with Crippen molar-refractivity contribution in [2.75, 3.05) is 0 Å². The molecule has 1 heterocycles. The molecule has 0 spiro atoms. The summed E-state index contributed by atoms with van der Waals surface area (Å²) in [5.41, 5.74) is 0.511. The average Bonchev–Trinajstić information content (AvgIpc) is 2.53. The van der Waals surface area contributed by atoms with Crippen molar-refractivity contribution in [3.8, 4) is 5.75 Å². The minimum Gasteiger partial charge on any atom is -0.486 e. The van der Waals surface area contributed by atoms with E-state index in [2.05, 4.69) is 78.9 Å². The maximum absolute atomic E-state index is 6.18. The van der Waals surface area contributed by atoms with E-state index < -0.39 is 8.80 Å². The van der Waals surface area contributed by atoms with Gasteiger partial charge >= 0.3 is 0 Å². The van der Waals surface area contributed by atoms with Gasteiger partial charge in [-0.1, -0.05) is 71.9 Å². The normalized spacial score (nSPS) is 26.5. The molecule has 1 nitrogen and oxygen atoms in total. The molecule has 2 aromatic rings. The zero-order chi connectivity index (χ0) is 13.4. The molecule has 2 aromatic carbocycles. The molecule has 0 amide bonds. The lowest BCUT2D eigenvalue weighted by Gasteiger charge is -2.37. The first-order valence-corrected chi connectivity index (χ1v) is 8.91. The van der Waals surface area contributed by atoms with Gasteiger partial charge in [-0.05, 0) is 17.3 Å². The number of rotatable bonds is 1. The lowest BCUT2D eigenvalue weighted by atomic mass is 10.1. The van der Waals surface area contributed by atoms with Crippen LogP contribution in [0.15, 0.2) is 78.9 Å². The first-order valence-electron chi connectivity index (χ1n) is 7.09. The van der Waals surface area contributed by atoms with Crippen LogP contribution in [0.5, 0.6) is 5.75 Å². The fraction of sp³-hybridized carbons (Fsp3) is 0.111. The molecule has 98 valence electrons. The van der Waals surface area contributed by atoms with Crippen molar-refractivity contribution < 1.29 is 4.74 Å². The smallest absolute Gasteiger partial charge is 0.121 e. The third kappa shape index (κ3) is 1.84. The first kappa shape index (κ1) is 11.7. The molecule has 0 saturated carbocycles. The molecule has 0 N–H and O–H groups in total. The van der Waals surface area contributed by atoms with E-state index in [0.717, 1.165) is 5.75 Å². The number of ether oxygens (including phenoxy) is 1. The Bertz CT molecular complexity index is 675. The standard InChI is InChI=1S/C18H16OSi/c1-2-8-14(9-3-1)20-17-12-6-4-10-15(17)19-16-11-5-7-13-18(16)20/h1-13,15,17,20H/t15-,17+,20?/m0/s1. The number of para-hydroxylation sites is 1. The number of benzene rings is 2. The number of fused-ring (bicyclic) bond motifs is 2. The van der Waals surface area contributed by atoms with Gasteiger partial charge in [0.2, 0.25) is 0 Å². The van der Waals surface area contributed by atoms with Crippen LogP contribution >= 0.6 is 0 Å². The van der Waals surface area contributed by atoms with E-state index in [-0.39, 0.29) is 6.10 Å². The summed E-state index contributed by atoms with van der Waals surface area (Å²) >= 11 is 0. The SMILES string of the molecule is C1=C[C@@H]2Oc3ccccc3[SiH](c3ccccc3)[C@@H]2C=C1. The van der Waals surface area contributed by atoms with Gasteiger partial charge in [-0.15, -0.1) is 0 Å². The Morgan fingerprint density at radius 1 is 0.800 bits per heavy atom. The van der Waals surface area contributed by atoms with Crippen molar-refractivity contribution in [3.63, 3.8) is 0 Å². The summed E-state index contributed by atoms with van der Waals surface area (Å²) in [7, 11) is -1.28. The van der Waals surface area contributed by atoms with Crippen molar-refractivity contribution in [1.29, 1.82) is 0 Å². The van der Waals surface area contributed by atoms with E-state index in [1.807, 2.05) is 0 Å².